The molecule has 136 valence electrons. The highest BCUT2D eigenvalue weighted by molar-refractivity contribution is 5.14. The Morgan fingerprint density at radius 1 is 1.08 bits per heavy atom. The van der Waals surface area contributed by atoms with Gasteiger partial charge in [-0.2, -0.15) is 0 Å². The van der Waals surface area contributed by atoms with Crippen LogP contribution in [0.15, 0.2) is 30.3 Å². The standard InChI is InChI=1S/C21H36N2O/c1-20(2,3)22-17-21(12-8-5-9-13-21)18-23(14-15-24)16-19-10-6-4-7-11-19/h4,6-7,10-11,22,24H,5,8-9,12-18H2,1-3H3. The van der Waals surface area contributed by atoms with Crippen molar-refractivity contribution in [1.82, 2.24) is 10.2 Å². The minimum atomic E-state index is 0.158. The number of hydrogen-bond acceptors (Lipinski definition) is 3. The molecule has 2 N–H and O–H groups in total. The first kappa shape index (κ1) is 19.4. The van der Waals surface area contributed by atoms with Gasteiger partial charge >= 0.3 is 0 Å². The maximum Gasteiger partial charge on any atom is 0.0558 e. The van der Waals surface area contributed by atoms with Crippen molar-refractivity contribution in [2.75, 3.05) is 26.2 Å². The zero-order chi connectivity index (χ0) is 17.5. The molecule has 0 aliphatic heterocycles. The number of benzene rings is 1. The maximum absolute atomic E-state index is 9.53. The molecule has 3 nitrogen and oxygen atoms in total. The highest BCUT2D eigenvalue weighted by Gasteiger charge is 2.34. The molecular weight excluding hydrogens is 296 g/mol. The molecule has 0 atom stereocenters. The van der Waals surface area contributed by atoms with Gasteiger partial charge in [-0.15, -0.1) is 0 Å². The zero-order valence-electron chi connectivity index (χ0n) is 15.9. The quantitative estimate of drug-likeness (QED) is 0.760. The molecule has 1 aliphatic carbocycles. The van der Waals surface area contributed by atoms with Gasteiger partial charge in [-0.3, -0.25) is 4.90 Å². The van der Waals surface area contributed by atoms with Crippen molar-refractivity contribution < 1.29 is 5.11 Å². The Morgan fingerprint density at radius 2 is 1.75 bits per heavy atom. The van der Waals surface area contributed by atoms with Crippen molar-refractivity contribution in [3.8, 4) is 0 Å². The molecular formula is C21H36N2O. The summed E-state index contributed by atoms with van der Waals surface area (Å²) >= 11 is 0. The summed E-state index contributed by atoms with van der Waals surface area (Å²) in [6.45, 7) is 10.8. The smallest absolute Gasteiger partial charge is 0.0558 e. The first-order valence-electron chi connectivity index (χ1n) is 9.55. The molecule has 3 heteroatoms. The van der Waals surface area contributed by atoms with Crippen molar-refractivity contribution in [3.05, 3.63) is 35.9 Å². The van der Waals surface area contributed by atoms with Crippen LogP contribution in [0.5, 0.6) is 0 Å². The van der Waals surface area contributed by atoms with Gasteiger partial charge in [-0.05, 0) is 44.6 Å². The van der Waals surface area contributed by atoms with E-state index in [9.17, 15) is 5.11 Å². The number of aliphatic hydroxyl groups is 1. The summed E-state index contributed by atoms with van der Waals surface area (Å²) in [6, 6.07) is 10.6. The van der Waals surface area contributed by atoms with Crippen LogP contribution in [0.25, 0.3) is 0 Å². The monoisotopic (exact) mass is 332 g/mol. The van der Waals surface area contributed by atoms with E-state index in [0.29, 0.717) is 5.41 Å². The second-order valence-electron chi connectivity index (χ2n) is 8.58. The molecule has 0 amide bonds. The summed E-state index contributed by atoms with van der Waals surface area (Å²) in [5.74, 6) is 0. The van der Waals surface area contributed by atoms with E-state index in [0.717, 1.165) is 26.2 Å². The third-order valence-corrected chi connectivity index (χ3v) is 5.13. The summed E-state index contributed by atoms with van der Waals surface area (Å²) < 4.78 is 0. The van der Waals surface area contributed by atoms with E-state index in [2.05, 4.69) is 61.3 Å². The van der Waals surface area contributed by atoms with Gasteiger partial charge in [-0.1, -0.05) is 49.6 Å². The fourth-order valence-electron chi connectivity index (χ4n) is 3.82. The molecule has 2 rings (SSSR count). The second-order valence-corrected chi connectivity index (χ2v) is 8.58. The largest absolute Gasteiger partial charge is 0.395 e. The highest BCUT2D eigenvalue weighted by atomic mass is 16.3. The minimum Gasteiger partial charge on any atom is -0.395 e. The molecule has 1 saturated carbocycles. The average molecular weight is 333 g/mol. The number of hydrogen-bond donors (Lipinski definition) is 2. The third kappa shape index (κ3) is 6.54. The molecule has 1 fully saturated rings. The maximum atomic E-state index is 9.53. The van der Waals surface area contributed by atoms with Crippen LogP contribution in [0.1, 0.15) is 58.4 Å². The van der Waals surface area contributed by atoms with E-state index >= 15 is 0 Å². The molecule has 0 saturated heterocycles. The van der Waals surface area contributed by atoms with Gasteiger partial charge in [0.2, 0.25) is 0 Å². The molecule has 0 heterocycles. The van der Waals surface area contributed by atoms with E-state index in [4.69, 9.17) is 0 Å². The molecule has 1 aromatic rings. The molecule has 0 bridgehead atoms. The van der Waals surface area contributed by atoms with Gasteiger partial charge < -0.3 is 10.4 Å². The highest BCUT2D eigenvalue weighted by Crippen LogP contribution is 2.37. The van der Waals surface area contributed by atoms with Crippen molar-refractivity contribution in [2.45, 2.75) is 65.0 Å². The molecule has 0 radical (unpaired) electrons. The Morgan fingerprint density at radius 3 is 2.33 bits per heavy atom. The van der Waals surface area contributed by atoms with Crippen molar-refractivity contribution in [2.24, 2.45) is 5.41 Å². The second kappa shape index (κ2) is 8.98. The molecule has 0 unspecified atom stereocenters. The van der Waals surface area contributed by atoms with Crippen molar-refractivity contribution in [1.29, 1.82) is 0 Å². The van der Waals surface area contributed by atoms with Crippen molar-refractivity contribution >= 4 is 0 Å². The van der Waals surface area contributed by atoms with Crippen LogP contribution < -0.4 is 5.32 Å². The van der Waals surface area contributed by atoms with Gasteiger partial charge in [0.1, 0.15) is 0 Å². The SMILES string of the molecule is CC(C)(C)NCC1(CN(CCO)Cc2ccccc2)CCCCC1. The lowest BCUT2D eigenvalue weighted by molar-refractivity contribution is 0.0786. The van der Waals surface area contributed by atoms with Gasteiger partial charge in [0.15, 0.2) is 0 Å². The van der Waals surface area contributed by atoms with Gasteiger partial charge in [0, 0.05) is 31.7 Å². The Kier molecular flexibility index (Phi) is 7.27. The summed E-state index contributed by atoms with van der Waals surface area (Å²) in [4.78, 5) is 2.45. The van der Waals surface area contributed by atoms with Crippen LogP contribution in [0.2, 0.25) is 0 Å². The van der Waals surface area contributed by atoms with Crippen LogP contribution >= 0.6 is 0 Å². The van der Waals surface area contributed by atoms with Crippen LogP contribution in [-0.4, -0.2) is 41.8 Å². The number of aliphatic hydroxyl groups excluding tert-OH is 1. The zero-order valence-corrected chi connectivity index (χ0v) is 15.9. The third-order valence-electron chi connectivity index (χ3n) is 5.13. The Bertz CT molecular complexity index is 460. The first-order valence-corrected chi connectivity index (χ1v) is 9.55. The first-order chi connectivity index (χ1) is 11.4. The van der Waals surface area contributed by atoms with E-state index in [1.165, 1.54) is 37.7 Å². The predicted octanol–water partition coefficient (Wildman–Crippen LogP) is 3.82. The van der Waals surface area contributed by atoms with Crippen LogP contribution in [-0.2, 0) is 6.54 Å². The molecule has 1 aromatic carbocycles. The van der Waals surface area contributed by atoms with E-state index < -0.39 is 0 Å². The normalized spacial score (nSPS) is 18.0. The fraction of sp³-hybridized carbons (Fsp3) is 0.714. The lowest BCUT2D eigenvalue weighted by Crippen LogP contribution is -2.50. The number of nitrogens with zero attached hydrogens (tertiary/aromatic N) is 1. The molecule has 0 spiro atoms. The van der Waals surface area contributed by atoms with E-state index in [1.54, 1.807) is 0 Å². The van der Waals surface area contributed by atoms with Crippen LogP contribution in [0, 0.1) is 5.41 Å². The molecule has 0 aromatic heterocycles. The van der Waals surface area contributed by atoms with Gasteiger partial charge in [-0.25, -0.2) is 0 Å². The summed E-state index contributed by atoms with van der Waals surface area (Å²) in [6.07, 6.45) is 6.64. The minimum absolute atomic E-state index is 0.158. The number of nitrogens with one attached hydrogen (secondary N) is 1. The number of rotatable bonds is 8. The fourth-order valence-corrected chi connectivity index (χ4v) is 3.82. The predicted molar refractivity (Wildman–Crippen MR) is 102 cm³/mol. The Balaban J connectivity index is 2.05. The lowest BCUT2D eigenvalue weighted by Gasteiger charge is -2.43. The molecule has 1 aliphatic rings. The Labute approximate surface area is 148 Å². The van der Waals surface area contributed by atoms with E-state index in [1.807, 2.05) is 0 Å². The molecule has 24 heavy (non-hydrogen) atoms. The van der Waals surface area contributed by atoms with Crippen LogP contribution in [0.3, 0.4) is 0 Å². The summed E-state index contributed by atoms with van der Waals surface area (Å²) in [5, 5.41) is 13.3. The Hall–Kier alpha value is -0.900. The topological polar surface area (TPSA) is 35.5 Å². The lowest BCUT2D eigenvalue weighted by atomic mass is 9.73. The summed E-state index contributed by atoms with van der Waals surface area (Å²) in [7, 11) is 0. The van der Waals surface area contributed by atoms with Crippen LogP contribution in [0.4, 0.5) is 0 Å². The summed E-state index contributed by atoms with van der Waals surface area (Å²) in [5.41, 5.74) is 1.84. The van der Waals surface area contributed by atoms with Gasteiger partial charge in [0.05, 0.1) is 6.61 Å². The van der Waals surface area contributed by atoms with E-state index in [-0.39, 0.29) is 12.1 Å². The van der Waals surface area contributed by atoms with Crippen molar-refractivity contribution in [3.63, 3.8) is 0 Å². The average Bonchev–Trinajstić information content (AvgIpc) is 2.55. The van der Waals surface area contributed by atoms with Gasteiger partial charge in [0.25, 0.3) is 0 Å².